The molecule has 0 aliphatic rings. The van der Waals surface area contributed by atoms with Gasteiger partial charge in [-0.05, 0) is 54.4 Å². The first kappa shape index (κ1) is 19.3. The molecule has 5 nitrogen and oxygen atoms in total. The number of alkyl halides is 3. The van der Waals surface area contributed by atoms with Crippen LogP contribution in [0.15, 0.2) is 22.7 Å². The SMILES string of the molecule is CC(C)(CCC(=O)O)NC(=O)Nc1ccc(C(F)(F)F)cc1Br. The van der Waals surface area contributed by atoms with E-state index in [1.54, 1.807) is 13.8 Å². The van der Waals surface area contributed by atoms with Gasteiger partial charge in [-0.15, -0.1) is 0 Å². The normalized spacial score (nSPS) is 11.9. The summed E-state index contributed by atoms with van der Waals surface area (Å²) in [7, 11) is 0. The van der Waals surface area contributed by atoms with Crippen LogP contribution in [0.4, 0.5) is 23.7 Å². The molecule has 9 heteroatoms. The van der Waals surface area contributed by atoms with Gasteiger partial charge in [0.1, 0.15) is 0 Å². The van der Waals surface area contributed by atoms with Crippen molar-refractivity contribution in [2.24, 2.45) is 0 Å². The average Bonchev–Trinajstić information content (AvgIpc) is 2.37. The number of halogens is 4. The predicted molar refractivity (Wildman–Crippen MR) is 82.2 cm³/mol. The van der Waals surface area contributed by atoms with Gasteiger partial charge in [-0.25, -0.2) is 4.79 Å². The minimum Gasteiger partial charge on any atom is -0.481 e. The van der Waals surface area contributed by atoms with Crippen molar-refractivity contribution in [1.82, 2.24) is 5.32 Å². The standard InChI is InChI=1S/C14H16BrF3N2O3/c1-13(2,6-5-11(21)22)20-12(23)19-10-4-3-8(7-9(10)15)14(16,17)18/h3-4,7H,5-6H2,1-2H3,(H,21,22)(H2,19,20,23). The Morgan fingerprint density at radius 3 is 2.35 bits per heavy atom. The number of urea groups is 1. The van der Waals surface area contributed by atoms with Crippen molar-refractivity contribution in [2.45, 2.75) is 38.4 Å². The van der Waals surface area contributed by atoms with Crippen molar-refractivity contribution >= 4 is 33.6 Å². The third kappa shape index (κ3) is 6.47. The third-order valence-electron chi connectivity index (χ3n) is 2.96. The molecule has 0 radical (unpaired) electrons. The fourth-order valence-electron chi connectivity index (χ4n) is 1.74. The zero-order valence-corrected chi connectivity index (χ0v) is 14.0. The number of carbonyl (C=O) groups is 2. The summed E-state index contributed by atoms with van der Waals surface area (Å²) in [4.78, 5) is 22.4. The number of carboxylic acid groups (broad SMARTS) is 1. The molecule has 128 valence electrons. The largest absolute Gasteiger partial charge is 0.481 e. The van der Waals surface area contributed by atoms with E-state index >= 15 is 0 Å². The number of hydrogen-bond donors (Lipinski definition) is 3. The molecular weight excluding hydrogens is 381 g/mol. The zero-order chi connectivity index (χ0) is 17.8. The Morgan fingerprint density at radius 1 is 1.26 bits per heavy atom. The van der Waals surface area contributed by atoms with Gasteiger partial charge in [-0.3, -0.25) is 4.79 Å². The average molecular weight is 397 g/mol. The minimum atomic E-state index is -4.47. The molecule has 0 heterocycles. The number of benzene rings is 1. The number of hydrogen-bond acceptors (Lipinski definition) is 2. The van der Waals surface area contributed by atoms with E-state index in [0.29, 0.717) is 0 Å². The molecule has 0 aromatic heterocycles. The summed E-state index contributed by atoms with van der Waals surface area (Å²) in [6.07, 6.45) is -4.37. The molecule has 3 N–H and O–H groups in total. The first-order chi connectivity index (χ1) is 10.4. The van der Waals surface area contributed by atoms with Crippen LogP contribution in [0.3, 0.4) is 0 Å². The van der Waals surface area contributed by atoms with Crippen LogP contribution in [0.5, 0.6) is 0 Å². The maximum atomic E-state index is 12.6. The summed E-state index contributed by atoms with van der Waals surface area (Å²) < 4.78 is 37.8. The molecular formula is C14H16BrF3N2O3. The molecule has 0 bridgehead atoms. The molecule has 0 atom stereocenters. The van der Waals surface area contributed by atoms with Gasteiger partial charge in [-0.2, -0.15) is 13.2 Å². The van der Waals surface area contributed by atoms with Crippen molar-refractivity contribution in [2.75, 3.05) is 5.32 Å². The van der Waals surface area contributed by atoms with Crippen LogP contribution in [-0.4, -0.2) is 22.6 Å². The highest BCUT2D eigenvalue weighted by Crippen LogP contribution is 2.33. The fourth-order valence-corrected chi connectivity index (χ4v) is 2.21. The molecule has 0 saturated heterocycles. The Hall–Kier alpha value is -1.77. The van der Waals surface area contributed by atoms with Gasteiger partial charge < -0.3 is 15.7 Å². The minimum absolute atomic E-state index is 0.0887. The highest BCUT2D eigenvalue weighted by Gasteiger charge is 2.31. The molecule has 2 amide bonds. The van der Waals surface area contributed by atoms with Crippen molar-refractivity contribution in [3.8, 4) is 0 Å². The second kappa shape index (κ2) is 7.20. The molecule has 0 saturated carbocycles. The quantitative estimate of drug-likeness (QED) is 0.696. The molecule has 23 heavy (non-hydrogen) atoms. The molecule has 0 fully saturated rings. The summed E-state index contributed by atoms with van der Waals surface area (Å²) in [5.74, 6) is -0.981. The molecule has 0 aliphatic heterocycles. The highest BCUT2D eigenvalue weighted by molar-refractivity contribution is 9.10. The highest BCUT2D eigenvalue weighted by atomic mass is 79.9. The number of aliphatic carboxylic acids is 1. The van der Waals surface area contributed by atoms with E-state index in [4.69, 9.17) is 5.11 Å². The van der Waals surface area contributed by atoms with Crippen LogP contribution in [-0.2, 0) is 11.0 Å². The third-order valence-corrected chi connectivity index (χ3v) is 3.62. The molecule has 1 rings (SSSR count). The van der Waals surface area contributed by atoms with Gasteiger partial charge in [0.25, 0.3) is 0 Å². The van der Waals surface area contributed by atoms with Crippen LogP contribution in [0.2, 0.25) is 0 Å². The molecule has 0 unspecified atom stereocenters. The van der Waals surface area contributed by atoms with Crippen molar-refractivity contribution in [3.05, 3.63) is 28.2 Å². The summed E-state index contributed by atoms with van der Waals surface area (Å²) in [5, 5.41) is 13.6. The number of rotatable bonds is 5. The van der Waals surface area contributed by atoms with E-state index in [2.05, 4.69) is 26.6 Å². The Labute approximate surface area is 139 Å². The van der Waals surface area contributed by atoms with E-state index in [0.717, 1.165) is 18.2 Å². The lowest BCUT2D eigenvalue weighted by atomic mass is 9.99. The Balaban J connectivity index is 2.73. The first-order valence-corrected chi connectivity index (χ1v) is 7.38. The molecule has 1 aromatic carbocycles. The van der Waals surface area contributed by atoms with Crippen molar-refractivity contribution < 1.29 is 27.9 Å². The molecule has 0 spiro atoms. The summed E-state index contributed by atoms with van der Waals surface area (Å²) in [6.45, 7) is 3.30. The lowest BCUT2D eigenvalue weighted by Crippen LogP contribution is -2.45. The van der Waals surface area contributed by atoms with E-state index < -0.39 is 29.3 Å². The Morgan fingerprint density at radius 2 is 1.87 bits per heavy atom. The smallest absolute Gasteiger partial charge is 0.416 e. The van der Waals surface area contributed by atoms with Gasteiger partial charge in [0, 0.05) is 16.4 Å². The van der Waals surface area contributed by atoms with Gasteiger partial charge in [-0.1, -0.05) is 0 Å². The Bertz CT molecular complexity index is 603. The number of anilines is 1. The summed E-state index contributed by atoms with van der Waals surface area (Å²) in [6, 6.07) is 2.22. The van der Waals surface area contributed by atoms with E-state index in [1.165, 1.54) is 0 Å². The van der Waals surface area contributed by atoms with Crippen LogP contribution >= 0.6 is 15.9 Å². The van der Waals surface area contributed by atoms with Crippen LogP contribution in [0, 0.1) is 0 Å². The number of amides is 2. The molecule has 1 aromatic rings. The van der Waals surface area contributed by atoms with E-state index in [-0.39, 0.29) is 23.0 Å². The lowest BCUT2D eigenvalue weighted by molar-refractivity contribution is -0.138. The topological polar surface area (TPSA) is 78.4 Å². The van der Waals surface area contributed by atoms with Crippen molar-refractivity contribution in [1.29, 1.82) is 0 Å². The number of carboxylic acids is 1. The van der Waals surface area contributed by atoms with Gasteiger partial charge in [0.15, 0.2) is 0 Å². The van der Waals surface area contributed by atoms with Crippen LogP contribution < -0.4 is 10.6 Å². The number of nitrogens with one attached hydrogen (secondary N) is 2. The summed E-state index contributed by atoms with van der Waals surface area (Å²) in [5.41, 5.74) is -1.44. The summed E-state index contributed by atoms with van der Waals surface area (Å²) >= 11 is 2.98. The van der Waals surface area contributed by atoms with Gasteiger partial charge in [0.2, 0.25) is 0 Å². The maximum Gasteiger partial charge on any atom is 0.416 e. The van der Waals surface area contributed by atoms with E-state index in [9.17, 15) is 22.8 Å². The maximum absolute atomic E-state index is 12.6. The van der Waals surface area contributed by atoms with Gasteiger partial charge >= 0.3 is 18.2 Å². The molecule has 0 aliphatic carbocycles. The van der Waals surface area contributed by atoms with Crippen LogP contribution in [0.1, 0.15) is 32.3 Å². The van der Waals surface area contributed by atoms with Crippen LogP contribution in [0.25, 0.3) is 0 Å². The first-order valence-electron chi connectivity index (χ1n) is 6.58. The second-order valence-corrected chi connectivity index (χ2v) is 6.40. The predicted octanol–water partition coefficient (Wildman–Crippen LogP) is 4.23. The Kier molecular flexibility index (Phi) is 6.04. The second-order valence-electron chi connectivity index (χ2n) is 5.55. The lowest BCUT2D eigenvalue weighted by Gasteiger charge is -2.26. The van der Waals surface area contributed by atoms with Crippen molar-refractivity contribution in [3.63, 3.8) is 0 Å². The van der Waals surface area contributed by atoms with Gasteiger partial charge in [0.05, 0.1) is 11.3 Å². The van der Waals surface area contributed by atoms with E-state index in [1.807, 2.05) is 0 Å². The zero-order valence-electron chi connectivity index (χ0n) is 12.4. The monoisotopic (exact) mass is 396 g/mol. The number of carbonyl (C=O) groups excluding carboxylic acids is 1. The fraction of sp³-hybridized carbons (Fsp3) is 0.429.